The number of amides is 2. The Hall–Kier alpha value is -1.88. The van der Waals surface area contributed by atoms with E-state index in [1.165, 1.54) is 17.5 Å². The molecule has 2 amide bonds. The minimum Gasteiger partial charge on any atom is -0.342 e. The van der Waals surface area contributed by atoms with Crippen LogP contribution in [-0.4, -0.2) is 65.8 Å². The molecule has 1 aromatic rings. The molecule has 4 rings (SSSR count). The van der Waals surface area contributed by atoms with Crippen LogP contribution in [0.25, 0.3) is 0 Å². The third-order valence-electron chi connectivity index (χ3n) is 6.45. The fourth-order valence-electron chi connectivity index (χ4n) is 4.71. The maximum Gasteiger partial charge on any atom is 0.237 e. The smallest absolute Gasteiger partial charge is 0.237 e. The molecule has 1 aromatic carbocycles. The van der Waals surface area contributed by atoms with E-state index in [0.29, 0.717) is 12.5 Å². The van der Waals surface area contributed by atoms with E-state index in [2.05, 4.69) is 34.1 Å². The Kier molecular flexibility index (Phi) is 5.77. The zero-order chi connectivity index (χ0) is 18.6. The molecule has 3 heterocycles. The van der Waals surface area contributed by atoms with E-state index in [0.717, 1.165) is 71.4 Å². The van der Waals surface area contributed by atoms with Gasteiger partial charge < -0.3 is 9.80 Å². The van der Waals surface area contributed by atoms with Gasteiger partial charge in [0.15, 0.2) is 0 Å². The lowest BCUT2D eigenvalue weighted by Gasteiger charge is -2.36. The van der Waals surface area contributed by atoms with Gasteiger partial charge in [0.2, 0.25) is 11.8 Å². The van der Waals surface area contributed by atoms with Crippen LogP contribution in [-0.2, 0) is 22.6 Å². The number of piperidine rings is 2. The van der Waals surface area contributed by atoms with Gasteiger partial charge in [-0.3, -0.25) is 14.5 Å². The number of hydrogen-bond donors (Lipinski definition) is 0. The zero-order valence-electron chi connectivity index (χ0n) is 16.2. The number of likely N-dealkylation sites (tertiary alicyclic amines) is 2. The Morgan fingerprint density at radius 3 is 2.30 bits per heavy atom. The van der Waals surface area contributed by atoms with Crippen molar-refractivity contribution in [2.75, 3.05) is 39.3 Å². The molecule has 2 saturated heterocycles. The monoisotopic (exact) mass is 369 g/mol. The Labute approximate surface area is 162 Å². The third-order valence-corrected chi connectivity index (χ3v) is 6.45. The van der Waals surface area contributed by atoms with Crippen molar-refractivity contribution in [3.05, 3.63) is 35.4 Å². The fourth-order valence-corrected chi connectivity index (χ4v) is 4.71. The number of fused-ring (bicyclic) bond motifs is 1. The van der Waals surface area contributed by atoms with Gasteiger partial charge in [0.05, 0.1) is 6.54 Å². The van der Waals surface area contributed by atoms with Crippen LogP contribution in [0.2, 0.25) is 0 Å². The van der Waals surface area contributed by atoms with E-state index in [1.807, 2.05) is 4.90 Å². The van der Waals surface area contributed by atoms with Gasteiger partial charge in [-0.05, 0) is 62.7 Å². The summed E-state index contributed by atoms with van der Waals surface area (Å²) in [7, 11) is 0. The Bertz CT molecular complexity index is 676. The highest BCUT2D eigenvalue weighted by Crippen LogP contribution is 2.23. The molecule has 27 heavy (non-hydrogen) atoms. The second kappa shape index (κ2) is 8.42. The number of nitrogens with zero attached hydrogens (tertiary/aromatic N) is 3. The summed E-state index contributed by atoms with van der Waals surface area (Å²) in [6, 6.07) is 8.43. The lowest BCUT2D eigenvalue weighted by molar-refractivity contribution is -0.138. The van der Waals surface area contributed by atoms with Crippen molar-refractivity contribution in [1.29, 1.82) is 0 Å². The topological polar surface area (TPSA) is 43.9 Å². The standard InChI is InChI=1S/C22H31N3O2/c26-21(25-15-10-18-6-2-3-7-20(18)16-25)17-23-13-8-19(9-14-23)22(27)24-11-4-1-5-12-24/h2-3,6-7,19H,1,4-5,8-17H2. The van der Waals surface area contributed by atoms with Gasteiger partial charge in [-0.25, -0.2) is 0 Å². The molecule has 146 valence electrons. The largest absolute Gasteiger partial charge is 0.342 e. The van der Waals surface area contributed by atoms with Crippen LogP contribution in [0.15, 0.2) is 24.3 Å². The molecule has 0 bridgehead atoms. The first-order valence-corrected chi connectivity index (χ1v) is 10.6. The van der Waals surface area contributed by atoms with Crippen molar-refractivity contribution in [2.45, 2.75) is 45.1 Å². The zero-order valence-corrected chi connectivity index (χ0v) is 16.2. The minimum atomic E-state index is 0.163. The quantitative estimate of drug-likeness (QED) is 0.821. The average Bonchev–Trinajstić information content (AvgIpc) is 2.74. The molecular weight excluding hydrogens is 338 g/mol. The Morgan fingerprint density at radius 1 is 0.852 bits per heavy atom. The minimum absolute atomic E-state index is 0.163. The predicted molar refractivity (Wildman–Crippen MR) is 105 cm³/mol. The van der Waals surface area contributed by atoms with Crippen molar-refractivity contribution in [2.24, 2.45) is 5.92 Å². The summed E-state index contributed by atoms with van der Waals surface area (Å²) >= 11 is 0. The summed E-state index contributed by atoms with van der Waals surface area (Å²) in [5, 5.41) is 0. The van der Waals surface area contributed by atoms with Crippen molar-refractivity contribution in [1.82, 2.24) is 14.7 Å². The van der Waals surface area contributed by atoms with Crippen LogP contribution >= 0.6 is 0 Å². The molecule has 0 aliphatic carbocycles. The lowest BCUT2D eigenvalue weighted by atomic mass is 9.94. The molecule has 0 radical (unpaired) electrons. The maximum atomic E-state index is 12.7. The van der Waals surface area contributed by atoms with E-state index in [-0.39, 0.29) is 11.8 Å². The highest BCUT2D eigenvalue weighted by atomic mass is 16.2. The summed E-state index contributed by atoms with van der Waals surface area (Å²) in [4.78, 5) is 31.7. The van der Waals surface area contributed by atoms with Gasteiger partial charge in [0, 0.05) is 32.1 Å². The van der Waals surface area contributed by atoms with E-state index >= 15 is 0 Å². The molecule has 0 atom stereocenters. The van der Waals surface area contributed by atoms with Gasteiger partial charge in [-0.15, -0.1) is 0 Å². The third kappa shape index (κ3) is 4.34. The molecule has 3 aliphatic heterocycles. The van der Waals surface area contributed by atoms with E-state index in [4.69, 9.17) is 0 Å². The first-order chi connectivity index (χ1) is 13.2. The highest BCUT2D eigenvalue weighted by Gasteiger charge is 2.30. The van der Waals surface area contributed by atoms with Crippen molar-refractivity contribution in [3.8, 4) is 0 Å². The summed E-state index contributed by atoms with van der Waals surface area (Å²) in [5.41, 5.74) is 2.65. The van der Waals surface area contributed by atoms with Crippen LogP contribution in [0.3, 0.4) is 0 Å². The van der Waals surface area contributed by atoms with Crippen LogP contribution < -0.4 is 0 Å². The van der Waals surface area contributed by atoms with Gasteiger partial charge >= 0.3 is 0 Å². The second-order valence-corrected chi connectivity index (χ2v) is 8.27. The Morgan fingerprint density at radius 2 is 1.56 bits per heavy atom. The van der Waals surface area contributed by atoms with E-state index < -0.39 is 0 Å². The number of rotatable bonds is 3. The van der Waals surface area contributed by atoms with Gasteiger partial charge in [0.1, 0.15) is 0 Å². The number of hydrogen-bond acceptors (Lipinski definition) is 3. The lowest BCUT2D eigenvalue weighted by Crippen LogP contribution is -2.47. The van der Waals surface area contributed by atoms with E-state index in [9.17, 15) is 9.59 Å². The first-order valence-electron chi connectivity index (χ1n) is 10.6. The summed E-state index contributed by atoms with van der Waals surface area (Å²) in [6.07, 6.45) is 6.30. The normalized spacial score (nSPS) is 21.8. The van der Waals surface area contributed by atoms with E-state index in [1.54, 1.807) is 0 Å². The van der Waals surface area contributed by atoms with Crippen molar-refractivity contribution < 1.29 is 9.59 Å². The molecule has 0 saturated carbocycles. The molecule has 2 fully saturated rings. The molecule has 0 spiro atoms. The number of carbonyl (C=O) groups excluding carboxylic acids is 2. The average molecular weight is 370 g/mol. The van der Waals surface area contributed by atoms with Crippen LogP contribution in [0.4, 0.5) is 0 Å². The molecule has 5 nitrogen and oxygen atoms in total. The highest BCUT2D eigenvalue weighted by molar-refractivity contribution is 5.80. The maximum absolute atomic E-state index is 12.7. The van der Waals surface area contributed by atoms with Gasteiger partial charge in [-0.1, -0.05) is 24.3 Å². The molecule has 0 unspecified atom stereocenters. The number of carbonyl (C=O) groups is 2. The van der Waals surface area contributed by atoms with Gasteiger partial charge in [0.25, 0.3) is 0 Å². The van der Waals surface area contributed by atoms with Gasteiger partial charge in [-0.2, -0.15) is 0 Å². The van der Waals surface area contributed by atoms with Crippen molar-refractivity contribution in [3.63, 3.8) is 0 Å². The van der Waals surface area contributed by atoms with Crippen molar-refractivity contribution >= 4 is 11.8 Å². The summed E-state index contributed by atoms with van der Waals surface area (Å²) in [6.45, 7) is 5.65. The molecular formula is C22H31N3O2. The number of benzene rings is 1. The SMILES string of the molecule is O=C(CN1CCC(C(=O)N2CCCCC2)CC1)N1CCc2ccccc2C1. The van der Waals surface area contributed by atoms with Crippen LogP contribution in [0.1, 0.15) is 43.2 Å². The molecule has 0 N–H and O–H groups in total. The van der Waals surface area contributed by atoms with Crippen LogP contribution in [0, 0.1) is 5.92 Å². The first kappa shape index (κ1) is 18.5. The fraction of sp³-hybridized carbons (Fsp3) is 0.636. The second-order valence-electron chi connectivity index (χ2n) is 8.27. The summed E-state index contributed by atoms with van der Waals surface area (Å²) in [5.74, 6) is 0.745. The predicted octanol–water partition coefficient (Wildman–Crippen LogP) is 2.30. The van der Waals surface area contributed by atoms with Crippen LogP contribution in [0.5, 0.6) is 0 Å². The molecule has 3 aliphatic rings. The molecule has 5 heteroatoms. The molecule has 0 aromatic heterocycles. The summed E-state index contributed by atoms with van der Waals surface area (Å²) < 4.78 is 0. The Balaban J connectivity index is 1.24.